The van der Waals surface area contributed by atoms with Crippen molar-refractivity contribution in [3.05, 3.63) is 89.0 Å². The van der Waals surface area contributed by atoms with Gasteiger partial charge in [-0.05, 0) is 67.1 Å². The molecule has 30 heavy (non-hydrogen) atoms. The number of hydrogen-bond donors (Lipinski definition) is 3. The van der Waals surface area contributed by atoms with Crippen molar-refractivity contribution in [1.29, 1.82) is 0 Å². The van der Waals surface area contributed by atoms with Crippen LogP contribution >= 0.6 is 0 Å². The van der Waals surface area contributed by atoms with Gasteiger partial charge < -0.3 is 15.2 Å². The number of methoxy groups -OCH3 is 1. The van der Waals surface area contributed by atoms with E-state index in [-0.39, 0.29) is 11.7 Å². The van der Waals surface area contributed by atoms with Crippen LogP contribution in [0.2, 0.25) is 0 Å². The second-order valence-electron chi connectivity index (χ2n) is 6.53. The predicted molar refractivity (Wildman–Crippen MR) is 115 cm³/mol. The fourth-order valence-electron chi connectivity index (χ4n) is 2.70. The summed E-state index contributed by atoms with van der Waals surface area (Å²) in [5, 5.41) is 16.3. The number of benzene rings is 3. The highest BCUT2D eigenvalue weighted by Crippen LogP contribution is 2.25. The van der Waals surface area contributed by atoms with Gasteiger partial charge in [0.05, 0.1) is 13.3 Å². The van der Waals surface area contributed by atoms with Crippen molar-refractivity contribution in [2.24, 2.45) is 5.10 Å². The van der Waals surface area contributed by atoms with E-state index in [2.05, 4.69) is 15.8 Å². The van der Waals surface area contributed by atoms with Crippen LogP contribution in [0.5, 0.6) is 11.5 Å². The van der Waals surface area contributed by atoms with E-state index in [1.54, 1.807) is 48.5 Å². The molecule has 3 rings (SSSR count). The summed E-state index contributed by atoms with van der Waals surface area (Å²) in [5.41, 5.74) is 5.63. The molecule has 0 atom stereocenters. The first-order chi connectivity index (χ1) is 14.5. The highest BCUT2D eigenvalue weighted by atomic mass is 16.5. The van der Waals surface area contributed by atoms with Crippen molar-refractivity contribution in [2.45, 2.75) is 6.92 Å². The summed E-state index contributed by atoms with van der Waals surface area (Å²) in [7, 11) is 1.45. The zero-order valence-corrected chi connectivity index (χ0v) is 16.5. The molecule has 3 aromatic carbocycles. The second-order valence-corrected chi connectivity index (χ2v) is 6.53. The van der Waals surface area contributed by atoms with Crippen LogP contribution in [0.25, 0.3) is 0 Å². The number of aryl methyl sites for hydroxylation is 1. The lowest BCUT2D eigenvalue weighted by atomic mass is 10.1. The smallest absolute Gasteiger partial charge is 0.271 e. The molecule has 0 unspecified atom stereocenters. The Balaban J connectivity index is 1.59. The number of rotatable bonds is 6. The molecule has 0 saturated heterocycles. The van der Waals surface area contributed by atoms with Gasteiger partial charge in [0.1, 0.15) is 0 Å². The standard InChI is InChI=1S/C23H21N3O4/c1-15-4-3-5-18(12-15)22(28)25-19-9-7-17(8-10-19)23(29)26-24-14-16-6-11-20(27)21(13-16)30-2/h3-14,27H,1-2H3,(H,25,28)(H,26,29)/b24-14+. The number of nitrogens with zero attached hydrogens (tertiary/aromatic N) is 1. The number of amides is 2. The Morgan fingerprint density at radius 1 is 0.967 bits per heavy atom. The average Bonchev–Trinajstić information content (AvgIpc) is 2.75. The molecule has 0 aliphatic carbocycles. The highest BCUT2D eigenvalue weighted by molar-refractivity contribution is 6.04. The van der Waals surface area contributed by atoms with E-state index in [1.165, 1.54) is 19.4 Å². The molecule has 0 spiro atoms. The van der Waals surface area contributed by atoms with Crippen molar-refractivity contribution in [1.82, 2.24) is 5.43 Å². The van der Waals surface area contributed by atoms with Gasteiger partial charge in [-0.2, -0.15) is 5.10 Å². The largest absolute Gasteiger partial charge is 0.504 e. The van der Waals surface area contributed by atoms with Gasteiger partial charge in [-0.1, -0.05) is 17.7 Å². The summed E-state index contributed by atoms with van der Waals surface area (Å²) in [6.45, 7) is 1.92. The van der Waals surface area contributed by atoms with Gasteiger partial charge in [0.25, 0.3) is 11.8 Å². The maximum atomic E-state index is 12.3. The lowest BCUT2D eigenvalue weighted by molar-refractivity contribution is 0.0954. The number of phenolic OH excluding ortho intramolecular Hbond substituents is 1. The maximum Gasteiger partial charge on any atom is 0.271 e. The number of hydrogen-bond acceptors (Lipinski definition) is 5. The van der Waals surface area contributed by atoms with Gasteiger partial charge in [-0.3, -0.25) is 9.59 Å². The van der Waals surface area contributed by atoms with E-state index in [4.69, 9.17) is 4.74 Å². The van der Waals surface area contributed by atoms with Gasteiger partial charge in [0.15, 0.2) is 11.5 Å². The van der Waals surface area contributed by atoms with Crippen LogP contribution in [0.4, 0.5) is 5.69 Å². The zero-order valence-electron chi connectivity index (χ0n) is 16.5. The molecular formula is C23H21N3O4. The zero-order chi connectivity index (χ0) is 21.5. The first kappa shape index (κ1) is 20.6. The fraction of sp³-hybridized carbons (Fsp3) is 0.0870. The van der Waals surface area contributed by atoms with Crippen molar-refractivity contribution in [3.63, 3.8) is 0 Å². The SMILES string of the molecule is COc1cc(/C=N/NC(=O)c2ccc(NC(=O)c3cccc(C)c3)cc2)ccc1O. The van der Waals surface area contributed by atoms with Crippen LogP contribution < -0.4 is 15.5 Å². The molecule has 7 heteroatoms. The first-order valence-corrected chi connectivity index (χ1v) is 9.15. The summed E-state index contributed by atoms with van der Waals surface area (Å²) in [6.07, 6.45) is 1.44. The van der Waals surface area contributed by atoms with Crippen LogP contribution in [0.1, 0.15) is 31.8 Å². The average molecular weight is 403 g/mol. The minimum absolute atomic E-state index is 0.0215. The fourth-order valence-corrected chi connectivity index (χ4v) is 2.70. The Morgan fingerprint density at radius 2 is 1.73 bits per heavy atom. The Morgan fingerprint density at radius 3 is 2.43 bits per heavy atom. The van der Waals surface area contributed by atoms with E-state index < -0.39 is 5.91 Å². The van der Waals surface area contributed by atoms with E-state index in [0.717, 1.165) is 5.56 Å². The third kappa shape index (κ3) is 5.23. The Hall–Kier alpha value is -4.13. The van der Waals surface area contributed by atoms with Gasteiger partial charge in [0, 0.05) is 16.8 Å². The molecule has 0 aliphatic rings. The van der Waals surface area contributed by atoms with Gasteiger partial charge >= 0.3 is 0 Å². The maximum absolute atomic E-state index is 12.3. The molecule has 0 radical (unpaired) electrons. The highest BCUT2D eigenvalue weighted by Gasteiger charge is 2.08. The minimum atomic E-state index is -0.395. The van der Waals surface area contributed by atoms with E-state index in [1.807, 2.05) is 19.1 Å². The molecule has 2 amide bonds. The van der Waals surface area contributed by atoms with Crippen molar-refractivity contribution < 1.29 is 19.4 Å². The molecule has 0 bridgehead atoms. The topological polar surface area (TPSA) is 100 Å². The number of anilines is 1. The number of carbonyl (C=O) groups excluding carboxylic acids is 2. The number of nitrogens with one attached hydrogen (secondary N) is 2. The number of hydrazone groups is 1. The number of carbonyl (C=O) groups is 2. The van der Waals surface area contributed by atoms with E-state index >= 15 is 0 Å². The molecule has 0 fully saturated rings. The monoisotopic (exact) mass is 403 g/mol. The van der Waals surface area contributed by atoms with Gasteiger partial charge in [-0.15, -0.1) is 0 Å². The van der Waals surface area contributed by atoms with Crippen molar-refractivity contribution >= 4 is 23.7 Å². The molecule has 3 N–H and O–H groups in total. The normalized spacial score (nSPS) is 10.6. The van der Waals surface area contributed by atoms with Crippen LogP contribution in [-0.4, -0.2) is 30.2 Å². The van der Waals surface area contributed by atoms with Gasteiger partial charge in [0.2, 0.25) is 0 Å². The number of ether oxygens (including phenoxy) is 1. The molecule has 0 saturated carbocycles. The molecule has 0 aromatic heterocycles. The molecule has 3 aromatic rings. The summed E-state index contributed by atoms with van der Waals surface area (Å²) >= 11 is 0. The first-order valence-electron chi connectivity index (χ1n) is 9.15. The molecule has 7 nitrogen and oxygen atoms in total. The summed E-state index contributed by atoms with van der Waals surface area (Å²) in [6, 6.07) is 18.5. The predicted octanol–water partition coefficient (Wildman–Crippen LogP) is 3.73. The summed E-state index contributed by atoms with van der Waals surface area (Å²) in [5.74, 6) is -0.278. The van der Waals surface area contributed by atoms with Crippen molar-refractivity contribution in [3.8, 4) is 11.5 Å². The third-order valence-electron chi connectivity index (χ3n) is 4.27. The van der Waals surface area contributed by atoms with Crippen LogP contribution in [0.15, 0.2) is 71.8 Å². The Kier molecular flexibility index (Phi) is 6.44. The van der Waals surface area contributed by atoms with Crippen LogP contribution in [-0.2, 0) is 0 Å². The third-order valence-corrected chi connectivity index (χ3v) is 4.27. The molecule has 152 valence electrons. The molecule has 0 aliphatic heterocycles. The Bertz CT molecular complexity index is 1090. The van der Waals surface area contributed by atoms with Gasteiger partial charge in [-0.25, -0.2) is 5.43 Å². The number of phenols is 1. The van der Waals surface area contributed by atoms with E-state index in [0.29, 0.717) is 28.1 Å². The second kappa shape index (κ2) is 9.38. The number of aromatic hydroxyl groups is 1. The lowest BCUT2D eigenvalue weighted by Crippen LogP contribution is -2.18. The minimum Gasteiger partial charge on any atom is -0.504 e. The molecular weight excluding hydrogens is 382 g/mol. The quantitative estimate of drug-likeness (QED) is 0.431. The summed E-state index contributed by atoms with van der Waals surface area (Å²) < 4.78 is 5.03. The van der Waals surface area contributed by atoms with Crippen molar-refractivity contribution in [2.75, 3.05) is 12.4 Å². The van der Waals surface area contributed by atoms with E-state index in [9.17, 15) is 14.7 Å². The van der Waals surface area contributed by atoms with Crippen LogP contribution in [0, 0.1) is 6.92 Å². The summed E-state index contributed by atoms with van der Waals surface area (Å²) in [4.78, 5) is 24.5. The lowest BCUT2D eigenvalue weighted by Gasteiger charge is -2.07. The molecule has 0 heterocycles. The van der Waals surface area contributed by atoms with Crippen LogP contribution in [0.3, 0.4) is 0 Å². The Labute approximate surface area is 174 Å².